The molecule has 0 radical (unpaired) electrons. The molecule has 1 unspecified atom stereocenters. The summed E-state index contributed by atoms with van der Waals surface area (Å²) < 4.78 is 39.4. The molecular weight excluding hydrogens is 369 g/mol. The molecule has 4 nitrogen and oxygen atoms in total. The first-order valence-corrected chi connectivity index (χ1v) is 8.67. The van der Waals surface area contributed by atoms with E-state index in [1.807, 2.05) is 25.1 Å². The van der Waals surface area contributed by atoms with Crippen LogP contribution < -0.4 is 5.32 Å². The van der Waals surface area contributed by atoms with Gasteiger partial charge in [-0.05, 0) is 43.7 Å². The molecule has 3 aromatic rings. The van der Waals surface area contributed by atoms with Crippen LogP contribution in [0.3, 0.4) is 0 Å². The highest BCUT2D eigenvalue weighted by molar-refractivity contribution is 6.06. The topological polar surface area (TPSA) is 62.2 Å². The first kappa shape index (κ1) is 19.8. The van der Waals surface area contributed by atoms with Gasteiger partial charge in [-0.15, -0.1) is 0 Å². The van der Waals surface area contributed by atoms with Gasteiger partial charge in [0.15, 0.2) is 0 Å². The van der Waals surface area contributed by atoms with Crippen molar-refractivity contribution in [3.8, 4) is 0 Å². The van der Waals surface area contributed by atoms with Crippen molar-refractivity contribution in [1.29, 1.82) is 0 Å². The van der Waals surface area contributed by atoms with Crippen molar-refractivity contribution in [2.75, 3.05) is 6.54 Å². The lowest BCUT2D eigenvalue weighted by atomic mass is 10.0. The van der Waals surface area contributed by atoms with E-state index in [9.17, 15) is 23.1 Å². The molecule has 1 heterocycles. The molecule has 0 aliphatic rings. The smallest absolute Gasteiger partial charge is 0.387 e. The molecule has 0 saturated carbocycles. The highest BCUT2D eigenvalue weighted by Crippen LogP contribution is 2.34. The predicted octanol–water partition coefficient (Wildman–Crippen LogP) is 4.33. The number of halogens is 3. The molecule has 2 aromatic carbocycles. The number of pyridine rings is 1. The molecule has 0 aliphatic heterocycles. The molecule has 7 heteroatoms. The van der Waals surface area contributed by atoms with Gasteiger partial charge in [-0.3, -0.25) is 9.78 Å². The molecule has 1 atom stereocenters. The minimum atomic E-state index is -4.59. The van der Waals surface area contributed by atoms with E-state index < -0.39 is 23.8 Å². The van der Waals surface area contributed by atoms with Crippen LogP contribution in [0.15, 0.2) is 48.5 Å². The first-order chi connectivity index (χ1) is 13.2. The Morgan fingerprint density at radius 2 is 1.86 bits per heavy atom. The van der Waals surface area contributed by atoms with Crippen LogP contribution in [0.25, 0.3) is 10.9 Å². The number of aliphatic hydroxyl groups is 1. The number of nitrogens with zero attached hydrogens (tertiary/aromatic N) is 1. The van der Waals surface area contributed by atoms with Crippen LogP contribution in [0.5, 0.6) is 0 Å². The number of hydrogen-bond acceptors (Lipinski definition) is 3. The molecule has 3 rings (SSSR count). The summed E-state index contributed by atoms with van der Waals surface area (Å²) in [7, 11) is 0. The van der Waals surface area contributed by atoms with E-state index in [1.165, 1.54) is 18.2 Å². The Kier molecular flexibility index (Phi) is 5.38. The van der Waals surface area contributed by atoms with Gasteiger partial charge in [0.1, 0.15) is 0 Å². The zero-order valence-corrected chi connectivity index (χ0v) is 15.3. The molecule has 28 heavy (non-hydrogen) atoms. The maximum Gasteiger partial charge on any atom is 0.416 e. The number of fused-ring (bicyclic) bond motifs is 1. The van der Waals surface area contributed by atoms with Crippen molar-refractivity contribution in [3.05, 3.63) is 76.5 Å². The number of alkyl halides is 3. The van der Waals surface area contributed by atoms with Gasteiger partial charge in [-0.2, -0.15) is 13.2 Å². The van der Waals surface area contributed by atoms with Crippen molar-refractivity contribution in [1.82, 2.24) is 10.3 Å². The Labute approximate surface area is 160 Å². The number of nitrogens with one attached hydrogen (secondary N) is 1. The van der Waals surface area contributed by atoms with Gasteiger partial charge in [0.2, 0.25) is 0 Å². The number of benzene rings is 2. The average molecular weight is 388 g/mol. The van der Waals surface area contributed by atoms with Gasteiger partial charge in [0, 0.05) is 17.6 Å². The summed E-state index contributed by atoms with van der Waals surface area (Å²) >= 11 is 0. The number of rotatable bonds is 4. The number of aromatic nitrogens is 1. The summed E-state index contributed by atoms with van der Waals surface area (Å²) in [6.45, 7) is 3.30. The highest BCUT2D eigenvalue weighted by Gasteiger charge is 2.34. The summed E-state index contributed by atoms with van der Waals surface area (Å²) in [6, 6.07) is 11.9. The van der Waals surface area contributed by atoms with Gasteiger partial charge in [-0.1, -0.05) is 29.8 Å². The van der Waals surface area contributed by atoms with Crippen LogP contribution in [0.1, 0.15) is 38.8 Å². The quantitative estimate of drug-likeness (QED) is 0.699. The highest BCUT2D eigenvalue weighted by atomic mass is 19.4. The molecule has 1 aromatic heterocycles. The number of amides is 1. The van der Waals surface area contributed by atoms with E-state index in [2.05, 4.69) is 10.3 Å². The first-order valence-electron chi connectivity index (χ1n) is 8.67. The summed E-state index contributed by atoms with van der Waals surface area (Å²) in [6.07, 6.45) is -6.07. The summed E-state index contributed by atoms with van der Waals surface area (Å²) in [4.78, 5) is 17.1. The van der Waals surface area contributed by atoms with Crippen molar-refractivity contribution in [3.63, 3.8) is 0 Å². The number of carbonyl (C=O) groups excluding carboxylic acids is 1. The Morgan fingerprint density at radius 3 is 2.57 bits per heavy atom. The Hall–Kier alpha value is -2.93. The zero-order chi connectivity index (χ0) is 20.5. The van der Waals surface area contributed by atoms with Crippen molar-refractivity contribution >= 4 is 16.8 Å². The SMILES string of the molecule is Cc1ccc2nc(C)cc(C(=O)NCC(O)c3ccccc3C(F)(F)F)c2c1. The molecule has 0 saturated heterocycles. The lowest BCUT2D eigenvalue weighted by Crippen LogP contribution is -2.29. The molecule has 0 spiro atoms. The van der Waals surface area contributed by atoms with E-state index in [-0.39, 0.29) is 12.1 Å². The molecule has 0 aliphatic carbocycles. The van der Waals surface area contributed by atoms with Crippen LogP contribution >= 0.6 is 0 Å². The molecule has 0 fully saturated rings. The fourth-order valence-electron chi connectivity index (χ4n) is 3.10. The fraction of sp³-hybridized carbons (Fsp3) is 0.238. The minimum absolute atomic E-state index is 0.276. The zero-order valence-electron chi connectivity index (χ0n) is 15.3. The third-order valence-corrected chi connectivity index (χ3v) is 4.42. The predicted molar refractivity (Wildman–Crippen MR) is 100.0 cm³/mol. The molecule has 146 valence electrons. The lowest BCUT2D eigenvalue weighted by Gasteiger charge is -2.18. The largest absolute Gasteiger partial charge is 0.416 e. The van der Waals surface area contributed by atoms with Crippen LogP contribution in [0.2, 0.25) is 0 Å². The number of carbonyl (C=O) groups is 1. The second-order valence-corrected chi connectivity index (χ2v) is 6.64. The molecule has 1 amide bonds. The van der Waals surface area contributed by atoms with E-state index in [1.54, 1.807) is 13.0 Å². The standard InChI is InChI=1S/C21H19F3N2O2/c1-12-7-8-18-15(9-12)16(10-13(2)26-18)20(28)25-11-19(27)14-5-3-4-6-17(14)21(22,23)24/h3-10,19,27H,11H2,1-2H3,(H,25,28). The average Bonchev–Trinajstić information content (AvgIpc) is 2.64. The molecule has 2 N–H and O–H groups in total. The van der Waals surface area contributed by atoms with Crippen molar-refractivity contribution in [2.24, 2.45) is 0 Å². The Balaban J connectivity index is 1.84. The van der Waals surface area contributed by atoms with Gasteiger partial charge >= 0.3 is 6.18 Å². The van der Waals surface area contributed by atoms with Gasteiger partial charge in [0.25, 0.3) is 5.91 Å². The van der Waals surface area contributed by atoms with Crippen molar-refractivity contribution in [2.45, 2.75) is 26.1 Å². The summed E-state index contributed by atoms with van der Waals surface area (Å²) in [5.41, 5.74) is 1.41. The lowest BCUT2D eigenvalue weighted by molar-refractivity contribution is -0.139. The van der Waals surface area contributed by atoms with Crippen LogP contribution in [0.4, 0.5) is 13.2 Å². The second-order valence-electron chi connectivity index (χ2n) is 6.64. The third kappa shape index (κ3) is 4.14. The Bertz CT molecular complexity index is 1030. The van der Waals surface area contributed by atoms with E-state index in [0.717, 1.165) is 11.6 Å². The third-order valence-electron chi connectivity index (χ3n) is 4.42. The molecule has 0 bridgehead atoms. The molecular formula is C21H19F3N2O2. The number of aliphatic hydroxyl groups excluding tert-OH is 1. The van der Waals surface area contributed by atoms with Gasteiger partial charge < -0.3 is 10.4 Å². The number of hydrogen-bond donors (Lipinski definition) is 2. The van der Waals surface area contributed by atoms with E-state index in [0.29, 0.717) is 22.2 Å². The minimum Gasteiger partial charge on any atom is -0.387 e. The summed E-state index contributed by atoms with van der Waals surface area (Å²) in [5.74, 6) is -0.482. The second kappa shape index (κ2) is 7.59. The maximum absolute atomic E-state index is 13.1. The maximum atomic E-state index is 13.1. The van der Waals surface area contributed by atoms with Crippen LogP contribution in [-0.2, 0) is 6.18 Å². The van der Waals surface area contributed by atoms with E-state index in [4.69, 9.17) is 0 Å². The van der Waals surface area contributed by atoms with Crippen LogP contribution in [-0.4, -0.2) is 22.5 Å². The number of aryl methyl sites for hydroxylation is 2. The van der Waals surface area contributed by atoms with Gasteiger partial charge in [-0.25, -0.2) is 0 Å². The van der Waals surface area contributed by atoms with Crippen LogP contribution in [0, 0.1) is 13.8 Å². The summed E-state index contributed by atoms with van der Waals surface area (Å²) in [5, 5.41) is 13.4. The fourth-order valence-corrected chi connectivity index (χ4v) is 3.10. The van der Waals surface area contributed by atoms with Crippen molar-refractivity contribution < 1.29 is 23.1 Å². The monoisotopic (exact) mass is 388 g/mol. The van der Waals surface area contributed by atoms with Gasteiger partial charge in [0.05, 0.1) is 22.7 Å². The normalized spacial score (nSPS) is 12.8. The van der Waals surface area contributed by atoms with E-state index >= 15 is 0 Å². The Morgan fingerprint density at radius 1 is 1.14 bits per heavy atom.